The van der Waals surface area contributed by atoms with Crippen LogP contribution >= 0.6 is 11.6 Å². The first kappa shape index (κ1) is 14.8. The predicted octanol–water partition coefficient (Wildman–Crippen LogP) is 3.44. The summed E-state index contributed by atoms with van der Waals surface area (Å²) >= 11 is 5.95. The zero-order chi connectivity index (χ0) is 13.9. The molecule has 0 bridgehead atoms. The van der Waals surface area contributed by atoms with Crippen LogP contribution in [0.5, 0.6) is 0 Å². The fourth-order valence-electron chi connectivity index (χ4n) is 3.32. The van der Waals surface area contributed by atoms with Crippen LogP contribution in [0.25, 0.3) is 0 Å². The molecule has 1 fully saturated rings. The summed E-state index contributed by atoms with van der Waals surface area (Å²) in [6, 6.07) is 7.84. The molecule has 4 heteroatoms. The molecule has 1 aliphatic rings. The second kappa shape index (κ2) is 6.23. The van der Waals surface area contributed by atoms with Crippen LogP contribution in [0.15, 0.2) is 24.3 Å². The van der Waals surface area contributed by atoms with Crippen LogP contribution in [-0.4, -0.2) is 12.7 Å². The third-order valence-corrected chi connectivity index (χ3v) is 4.55. The number of benzene rings is 1. The normalized spacial score (nSPS) is 29.2. The minimum atomic E-state index is -0.222. The molecule has 1 aromatic rings. The molecule has 3 N–H and O–H groups in total. The molecule has 19 heavy (non-hydrogen) atoms. The SMILES string of the molecule is COC1(C(NN)c2ccc(Cl)cc2)CCCC(C)C1. The van der Waals surface area contributed by atoms with Crippen LogP contribution in [0.4, 0.5) is 0 Å². The summed E-state index contributed by atoms with van der Waals surface area (Å²) in [5, 5.41) is 0.739. The summed E-state index contributed by atoms with van der Waals surface area (Å²) in [5.41, 5.74) is 3.86. The van der Waals surface area contributed by atoms with E-state index in [1.54, 1.807) is 7.11 Å². The lowest BCUT2D eigenvalue weighted by molar-refractivity contribution is -0.0806. The minimum Gasteiger partial charge on any atom is -0.376 e. The van der Waals surface area contributed by atoms with E-state index in [1.807, 2.05) is 24.3 Å². The molecule has 3 unspecified atom stereocenters. The van der Waals surface area contributed by atoms with E-state index < -0.39 is 0 Å². The Morgan fingerprint density at radius 1 is 1.42 bits per heavy atom. The number of nitrogens with one attached hydrogen (secondary N) is 1. The maximum absolute atomic E-state index is 5.95. The third kappa shape index (κ3) is 3.11. The van der Waals surface area contributed by atoms with Gasteiger partial charge in [0.1, 0.15) is 0 Å². The molecule has 106 valence electrons. The van der Waals surface area contributed by atoms with Crippen molar-refractivity contribution >= 4 is 11.6 Å². The highest BCUT2D eigenvalue weighted by Gasteiger charge is 2.42. The van der Waals surface area contributed by atoms with Gasteiger partial charge < -0.3 is 4.74 Å². The lowest BCUT2D eigenvalue weighted by Gasteiger charge is -2.44. The van der Waals surface area contributed by atoms with Gasteiger partial charge in [0, 0.05) is 12.1 Å². The Bertz CT molecular complexity index is 409. The number of hydrogen-bond acceptors (Lipinski definition) is 3. The Labute approximate surface area is 120 Å². The summed E-state index contributed by atoms with van der Waals surface area (Å²) in [4.78, 5) is 0. The quantitative estimate of drug-likeness (QED) is 0.657. The maximum Gasteiger partial charge on any atom is 0.0888 e. The Morgan fingerprint density at radius 2 is 2.11 bits per heavy atom. The van der Waals surface area contributed by atoms with Gasteiger partial charge in [-0.2, -0.15) is 0 Å². The number of ether oxygens (including phenoxy) is 1. The van der Waals surface area contributed by atoms with Crippen molar-refractivity contribution in [3.63, 3.8) is 0 Å². The summed E-state index contributed by atoms with van der Waals surface area (Å²) in [6.07, 6.45) is 4.51. The first-order chi connectivity index (χ1) is 9.11. The molecule has 2 rings (SSSR count). The monoisotopic (exact) mass is 282 g/mol. The third-order valence-electron chi connectivity index (χ3n) is 4.29. The van der Waals surface area contributed by atoms with Crippen LogP contribution in [0.2, 0.25) is 5.02 Å². The van der Waals surface area contributed by atoms with Gasteiger partial charge in [0.2, 0.25) is 0 Å². The van der Waals surface area contributed by atoms with Gasteiger partial charge >= 0.3 is 0 Å². The lowest BCUT2D eigenvalue weighted by atomic mass is 9.73. The molecular weight excluding hydrogens is 260 g/mol. The zero-order valence-corrected chi connectivity index (χ0v) is 12.4. The van der Waals surface area contributed by atoms with Crippen LogP contribution in [0.3, 0.4) is 0 Å². The molecule has 1 aliphatic carbocycles. The maximum atomic E-state index is 5.95. The van der Waals surface area contributed by atoms with Gasteiger partial charge in [-0.3, -0.25) is 11.3 Å². The predicted molar refractivity (Wildman–Crippen MR) is 78.9 cm³/mol. The van der Waals surface area contributed by atoms with Crippen molar-refractivity contribution in [2.24, 2.45) is 11.8 Å². The molecule has 1 aromatic carbocycles. The van der Waals surface area contributed by atoms with E-state index in [4.69, 9.17) is 22.2 Å². The first-order valence-corrected chi connectivity index (χ1v) is 7.26. The molecule has 0 radical (unpaired) electrons. The van der Waals surface area contributed by atoms with Gasteiger partial charge in [0.05, 0.1) is 11.6 Å². The average Bonchev–Trinajstić information content (AvgIpc) is 2.42. The number of halogens is 1. The van der Waals surface area contributed by atoms with E-state index in [0.717, 1.165) is 23.4 Å². The van der Waals surface area contributed by atoms with E-state index in [9.17, 15) is 0 Å². The molecular formula is C15H23ClN2O. The Hall–Kier alpha value is -0.610. The van der Waals surface area contributed by atoms with E-state index in [-0.39, 0.29) is 11.6 Å². The first-order valence-electron chi connectivity index (χ1n) is 6.88. The van der Waals surface area contributed by atoms with Crippen molar-refractivity contribution in [1.29, 1.82) is 0 Å². The van der Waals surface area contributed by atoms with Gasteiger partial charge in [-0.25, -0.2) is 0 Å². The molecule has 3 nitrogen and oxygen atoms in total. The van der Waals surface area contributed by atoms with Gasteiger partial charge in [-0.1, -0.05) is 43.5 Å². The Morgan fingerprint density at radius 3 is 2.63 bits per heavy atom. The van der Waals surface area contributed by atoms with Gasteiger partial charge in [-0.15, -0.1) is 0 Å². The summed E-state index contributed by atoms with van der Waals surface area (Å²) in [6.45, 7) is 2.28. The highest BCUT2D eigenvalue weighted by molar-refractivity contribution is 6.30. The van der Waals surface area contributed by atoms with Gasteiger partial charge in [-0.05, 0) is 36.5 Å². The molecule has 0 amide bonds. The Balaban J connectivity index is 2.30. The number of hydrogen-bond donors (Lipinski definition) is 2. The van der Waals surface area contributed by atoms with Crippen molar-refractivity contribution in [2.75, 3.05) is 7.11 Å². The van der Waals surface area contributed by atoms with Crippen molar-refractivity contribution in [1.82, 2.24) is 5.43 Å². The van der Waals surface area contributed by atoms with E-state index >= 15 is 0 Å². The second-order valence-corrected chi connectivity index (χ2v) is 6.06. The zero-order valence-electron chi connectivity index (χ0n) is 11.7. The summed E-state index contributed by atoms with van der Waals surface area (Å²) in [7, 11) is 1.79. The highest BCUT2D eigenvalue weighted by Crippen LogP contribution is 2.43. The van der Waals surface area contributed by atoms with Crippen molar-refractivity contribution < 1.29 is 4.74 Å². The van der Waals surface area contributed by atoms with Crippen LogP contribution in [-0.2, 0) is 4.74 Å². The molecule has 0 aromatic heterocycles. The molecule has 0 saturated heterocycles. The fourth-order valence-corrected chi connectivity index (χ4v) is 3.44. The molecule has 0 aliphatic heterocycles. The lowest BCUT2D eigenvalue weighted by Crippen LogP contribution is -2.50. The second-order valence-electron chi connectivity index (χ2n) is 5.62. The number of rotatable bonds is 4. The van der Waals surface area contributed by atoms with E-state index in [0.29, 0.717) is 5.92 Å². The largest absolute Gasteiger partial charge is 0.376 e. The molecule has 3 atom stereocenters. The van der Waals surface area contributed by atoms with Crippen molar-refractivity contribution in [3.05, 3.63) is 34.9 Å². The van der Waals surface area contributed by atoms with Gasteiger partial charge in [0.15, 0.2) is 0 Å². The van der Waals surface area contributed by atoms with Crippen molar-refractivity contribution in [2.45, 2.75) is 44.2 Å². The topological polar surface area (TPSA) is 47.3 Å². The minimum absolute atomic E-state index is 0.00230. The summed E-state index contributed by atoms with van der Waals surface area (Å²) < 4.78 is 5.91. The number of hydrazine groups is 1. The van der Waals surface area contributed by atoms with Crippen LogP contribution < -0.4 is 11.3 Å². The molecule has 0 heterocycles. The fraction of sp³-hybridized carbons (Fsp3) is 0.600. The van der Waals surface area contributed by atoms with Crippen LogP contribution in [0, 0.1) is 5.92 Å². The Kier molecular flexibility index (Phi) is 4.85. The highest BCUT2D eigenvalue weighted by atomic mass is 35.5. The molecule has 1 saturated carbocycles. The smallest absolute Gasteiger partial charge is 0.0888 e. The number of nitrogens with two attached hydrogens (primary N) is 1. The molecule has 0 spiro atoms. The standard InChI is InChI=1S/C15H23ClN2O/c1-11-4-3-9-15(10-11,19-2)14(18-17)12-5-7-13(16)8-6-12/h5-8,11,14,18H,3-4,9-10,17H2,1-2H3. The van der Waals surface area contributed by atoms with Crippen LogP contribution in [0.1, 0.15) is 44.2 Å². The van der Waals surface area contributed by atoms with Gasteiger partial charge in [0.25, 0.3) is 0 Å². The van der Waals surface area contributed by atoms with Crippen molar-refractivity contribution in [3.8, 4) is 0 Å². The number of methoxy groups -OCH3 is 1. The van der Waals surface area contributed by atoms with E-state index in [2.05, 4.69) is 12.3 Å². The van der Waals surface area contributed by atoms with E-state index in [1.165, 1.54) is 12.8 Å². The average molecular weight is 283 g/mol. The summed E-state index contributed by atoms with van der Waals surface area (Å²) in [5.74, 6) is 6.48.